The molecule has 1 heterocycles. The summed E-state index contributed by atoms with van der Waals surface area (Å²) < 4.78 is 0.799. The van der Waals surface area contributed by atoms with E-state index in [0.29, 0.717) is 10.9 Å². The van der Waals surface area contributed by atoms with Crippen molar-refractivity contribution in [3.05, 3.63) is 59.1 Å². The number of aliphatic imine (C=N–C) groups is 1. The van der Waals surface area contributed by atoms with Crippen molar-refractivity contribution in [2.45, 2.75) is 11.7 Å². The average molecular weight is 404 g/mol. The van der Waals surface area contributed by atoms with Gasteiger partial charge in [0.15, 0.2) is 5.17 Å². The number of carbonyl (C=O) groups is 2. The first-order chi connectivity index (χ1) is 11.6. The number of thioether (sulfide) groups is 1. The lowest BCUT2D eigenvalue weighted by Crippen LogP contribution is -2.28. The average Bonchev–Trinajstić information content (AvgIpc) is 2.90. The Bertz CT molecular complexity index is 795. The highest BCUT2D eigenvalue weighted by Gasteiger charge is 2.32. The Balaban J connectivity index is 1.62. The highest BCUT2D eigenvalue weighted by atomic mass is 79.9. The van der Waals surface area contributed by atoms with E-state index in [9.17, 15) is 9.59 Å². The van der Waals surface area contributed by atoms with Crippen molar-refractivity contribution in [1.29, 1.82) is 0 Å². The van der Waals surface area contributed by atoms with Gasteiger partial charge in [0, 0.05) is 10.9 Å². The number of halogens is 1. The molecule has 3 rings (SSSR count). The van der Waals surface area contributed by atoms with Gasteiger partial charge in [0.2, 0.25) is 11.8 Å². The minimum Gasteiger partial charge on any atom is -0.325 e. The van der Waals surface area contributed by atoms with Crippen LogP contribution in [0.4, 0.5) is 11.4 Å². The van der Waals surface area contributed by atoms with Crippen LogP contribution in [0.25, 0.3) is 0 Å². The number of hydrogen-bond donors (Lipinski definition) is 2. The molecule has 1 atom stereocenters. The molecule has 2 amide bonds. The van der Waals surface area contributed by atoms with Crippen molar-refractivity contribution in [1.82, 2.24) is 5.32 Å². The lowest BCUT2D eigenvalue weighted by atomic mass is 10.2. The first-order valence-electron chi connectivity index (χ1n) is 7.27. The van der Waals surface area contributed by atoms with Crippen molar-refractivity contribution in [2.75, 3.05) is 5.32 Å². The number of anilines is 1. The van der Waals surface area contributed by atoms with E-state index in [2.05, 4.69) is 31.6 Å². The first-order valence-corrected chi connectivity index (χ1v) is 8.95. The Kier molecular flexibility index (Phi) is 5.32. The van der Waals surface area contributed by atoms with Crippen LogP contribution in [0.1, 0.15) is 6.42 Å². The monoisotopic (exact) mass is 403 g/mol. The molecule has 24 heavy (non-hydrogen) atoms. The number of para-hydroxylation sites is 2. The number of amides is 2. The van der Waals surface area contributed by atoms with Gasteiger partial charge < -0.3 is 10.6 Å². The molecular weight excluding hydrogens is 390 g/mol. The number of nitrogens with zero attached hydrogens (tertiary/aromatic N) is 1. The molecule has 2 aromatic carbocycles. The molecule has 7 heteroatoms. The lowest BCUT2D eigenvalue weighted by Gasteiger charge is -2.08. The highest BCUT2D eigenvalue weighted by Crippen LogP contribution is 2.26. The number of benzene rings is 2. The summed E-state index contributed by atoms with van der Waals surface area (Å²) in [6.07, 6.45) is 0.0889. The second-order valence-electron chi connectivity index (χ2n) is 5.08. The van der Waals surface area contributed by atoms with E-state index < -0.39 is 5.25 Å². The Morgan fingerprint density at radius 2 is 1.88 bits per heavy atom. The largest absolute Gasteiger partial charge is 0.325 e. The first kappa shape index (κ1) is 16.7. The summed E-state index contributed by atoms with van der Waals surface area (Å²) in [7, 11) is 0. The molecule has 1 fully saturated rings. The third-order valence-electron chi connectivity index (χ3n) is 3.28. The van der Waals surface area contributed by atoms with E-state index in [1.165, 1.54) is 11.8 Å². The fourth-order valence-corrected chi connectivity index (χ4v) is 3.52. The molecule has 0 spiro atoms. The fraction of sp³-hybridized carbons (Fsp3) is 0.118. The van der Waals surface area contributed by atoms with Crippen molar-refractivity contribution in [3.8, 4) is 0 Å². The van der Waals surface area contributed by atoms with Gasteiger partial charge in [0.25, 0.3) is 0 Å². The number of amidine groups is 1. The Hall–Kier alpha value is -2.12. The molecule has 0 bridgehead atoms. The van der Waals surface area contributed by atoms with Gasteiger partial charge in [0.1, 0.15) is 5.25 Å². The van der Waals surface area contributed by atoms with Crippen molar-refractivity contribution >= 4 is 56.0 Å². The van der Waals surface area contributed by atoms with Crippen LogP contribution in [-0.4, -0.2) is 22.2 Å². The minimum absolute atomic E-state index is 0.0889. The smallest absolute Gasteiger partial charge is 0.240 e. The van der Waals surface area contributed by atoms with Crippen LogP contribution in [0, 0.1) is 0 Å². The van der Waals surface area contributed by atoms with E-state index in [1.54, 1.807) is 6.07 Å². The van der Waals surface area contributed by atoms with Gasteiger partial charge in [-0.05, 0) is 40.2 Å². The lowest BCUT2D eigenvalue weighted by molar-refractivity contribution is -0.122. The summed E-state index contributed by atoms with van der Waals surface area (Å²) in [6, 6.07) is 16.7. The maximum absolute atomic E-state index is 12.2. The molecule has 5 nitrogen and oxygen atoms in total. The van der Waals surface area contributed by atoms with Crippen LogP contribution in [0.3, 0.4) is 0 Å². The van der Waals surface area contributed by atoms with Crippen molar-refractivity contribution in [3.63, 3.8) is 0 Å². The molecule has 1 saturated heterocycles. The third kappa shape index (κ3) is 4.24. The van der Waals surface area contributed by atoms with Gasteiger partial charge in [-0.1, -0.05) is 42.1 Å². The van der Waals surface area contributed by atoms with Crippen LogP contribution in [0.5, 0.6) is 0 Å². The maximum Gasteiger partial charge on any atom is 0.240 e. The molecule has 0 radical (unpaired) electrons. The Morgan fingerprint density at radius 1 is 1.17 bits per heavy atom. The summed E-state index contributed by atoms with van der Waals surface area (Å²) in [6.45, 7) is 0. The second-order valence-corrected chi connectivity index (χ2v) is 7.13. The predicted octanol–water partition coefficient (Wildman–Crippen LogP) is 3.70. The number of carbonyl (C=O) groups excluding carboxylic acids is 2. The second kappa shape index (κ2) is 7.63. The van der Waals surface area contributed by atoms with Gasteiger partial charge in [-0.3, -0.25) is 9.59 Å². The summed E-state index contributed by atoms with van der Waals surface area (Å²) in [5.41, 5.74) is 1.45. The predicted molar refractivity (Wildman–Crippen MR) is 100 cm³/mol. The fourth-order valence-electron chi connectivity index (χ4n) is 2.14. The van der Waals surface area contributed by atoms with Gasteiger partial charge in [0.05, 0.1) is 11.4 Å². The van der Waals surface area contributed by atoms with Gasteiger partial charge in [-0.15, -0.1) is 0 Å². The SMILES string of the molecule is O=C(C[C@@H]1SC(=Nc2ccccc2)NC1=O)Nc1ccccc1Br. The topological polar surface area (TPSA) is 70.6 Å². The zero-order chi connectivity index (χ0) is 16.9. The summed E-state index contributed by atoms with van der Waals surface area (Å²) in [4.78, 5) is 28.6. The number of hydrogen-bond acceptors (Lipinski definition) is 4. The highest BCUT2D eigenvalue weighted by molar-refractivity contribution is 9.10. The molecular formula is C17H14BrN3O2S. The molecule has 1 aliphatic rings. The molecule has 2 aromatic rings. The number of rotatable bonds is 4. The zero-order valence-electron chi connectivity index (χ0n) is 12.5. The van der Waals surface area contributed by atoms with Crippen molar-refractivity contribution < 1.29 is 9.59 Å². The standard InChI is InChI=1S/C17H14BrN3O2S/c18-12-8-4-5-9-13(12)20-15(22)10-14-16(23)21-17(24-14)19-11-6-2-1-3-7-11/h1-9,14H,10H2,(H,20,22)(H,19,21,23)/t14-/m0/s1. The molecule has 1 aliphatic heterocycles. The Labute approximate surface area is 152 Å². The molecule has 0 unspecified atom stereocenters. The van der Waals surface area contributed by atoms with Crippen LogP contribution in [0.2, 0.25) is 0 Å². The minimum atomic E-state index is -0.477. The maximum atomic E-state index is 12.2. The summed E-state index contributed by atoms with van der Waals surface area (Å²) in [5, 5.41) is 5.56. The molecule has 0 aromatic heterocycles. The van der Waals surface area contributed by atoms with Crippen LogP contribution in [0.15, 0.2) is 64.1 Å². The van der Waals surface area contributed by atoms with Gasteiger partial charge in [-0.25, -0.2) is 4.99 Å². The molecule has 0 aliphatic carbocycles. The zero-order valence-corrected chi connectivity index (χ0v) is 14.9. The normalized spacial score (nSPS) is 18.5. The van der Waals surface area contributed by atoms with E-state index in [0.717, 1.165) is 10.2 Å². The van der Waals surface area contributed by atoms with Crippen LogP contribution in [-0.2, 0) is 9.59 Å². The molecule has 0 saturated carbocycles. The van der Waals surface area contributed by atoms with Crippen molar-refractivity contribution in [2.24, 2.45) is 4.99 Å². The van der Waals surface area contributed by atoms with E-state index in [-0.39, 0.29) is 18.2 Å². The number of nitrogens with one attached hydrogen (secondary N) is 2. The molecule has 2 N–H and O–H groups in total. The van der Waals surface area contributed by atoms with Crippen LogP contribution >= 0.6 is 27.7 Å². The molecule has 122 valence electrons. The van der Waals surface area contributed by atoms with E-state index in [4.69, 9.17) is 0 Å². The van der Waals surface area contributed by atoms with E-state index >= 15 is 0 Å². The van der Waals surface area contributed by atoms with E-state index in [1.807, 2.05) is 48.5 Å². The van der Waals surface area contributed by atoms with Crippen LogP contribution < -0.4 is 10.6 Å². The quantitative estimate of drug-likeness (QED) is 0.817. The summed E-state index contributed by atoms with van der Waals surface area (Å²) >= 11 is 4.65. The third-order valence-corrected chi connectivity index (χ3v) is 5.06. The van der Waals surface area contributed by atoms with Gasteiger partial charge in [-0.2, -0.15) is 0 Å². The Morgan fingerprint density at radius 3 is 2.62 bits per heavy atom. The summed E-state index contributed by atoms with van der Waals surface area (Å²) in [5.74, 6) is -0.410. The van der Waals surface area contributed by atoms with Gasteiger partial charge >= 0.3 is 0 Å².